The number of carbonyl (C=O) groups excluding carboxylic acids is 1. The molecule has 1 fully saturated rings. The van der Waals surface area contributed by atoms with Crippen LogP contribution in [0, 0.1) is 17.8 Å². The first-order valence-corrected chi connectivity index (χ1v) is 6.65. The molecule has 2 unspecified atom stereocenters. The van der Waals surface area contributed by atoms with E-state index in [0.717, 1.165) is 0 Å². The zero-order valence-corrected chi connectivity index (χ0v) is 11.4. The van der Waals surface area contributed by atoms with Crippen LogP contribution in [-0.4, -0.2) is 51.8 Å². The predicted octanol–water partition coefficient (Wildman–Crippen LogP) is 0.268. The van der Waals surface area contributed by atoms with E-state index in [1.165, 1.54) is 6.20 Å². The molecule has 1 aliphatic heterocycles. The molecule has 2 atom stereocenters. The largest absolute Gasteiger partial charge is 0.393 e. The van der Waals surface area contributed by atoms with Gasteiger partial charge in [0, 0.05) is 24.8 Å². The number of hydrogen-bond acceptors (Lipinski definition) is 4. The lowest BCUT2D eigenvalue weighted by atomic mass is 9.96. The van der Waals surface area contributed by atoms with E-state index in [2.05, 4.69) is 16.8 Å². The molecule has 2 heterocycles. The fraction of sp³-hybridized carbons (Fsp3) is 0.467. The number of pyridine rings is 1. The number of piperidine rings is 1. The van der Waals surface area contributed by atoms with Gasteiger partial charge in [0.05, 0.1) is 6.10 Å². The molecule has 2 N–H and O–H groups in total. The SMILES string of the molecule is CC1CN(C(=O)c2ccc(C#CCO)cn2)CCC1O. The van der Waals surface area contributed by atoms with Crippen molar-refractivity contribution in [2.45, 2.75) is 19.4 Å². The summed E-state index contributed by atoms with van der Waals surface area (Å²) in [4.78, 5) is 18.1. The molecule has 1 aromatic heterocycles. The number of likely N-dealkylation sites (tertiary alicyclic amines) is 1. The van der Waals surface area contributed by atoms with Crippen molar-refractivity contribution < 1.29 is 15.0 Å². The molecule has 1 aromatic rings. The maximum atomic E-state index is 12.3. The summed E-state index contributed by atoms with van der Waals surface area (Å²) < 4.78 is 0. The lowest BCUT2D eigenvalue weighted by Crippen LogP contribution is -2.45. The molecule has 1 amide bonds. The summed E-state index contributed by atoms with van der Waals surface area (Å²) in [6, 6.07) is 3.35. The minimum absolute atomic E-state index is 0.0856. The van der Waals surface area contributed by atoms with E-state index in [-0.39, 0.29) is 24.5 Å². The number of aliphatic hydroxyl groups is 2. The molecule has 1 saturated heterocycles. The Hall–Kier alpha value is -1.90. The summed E-state index contributed by atoms with van der Waals surface area (Å²) in [5.74, 6) is 5.23. The lowest BCUT2D eigenvalue weighted by molar-refractivity contribution is 0.0294. The van der Waals surface area contributed by atoms with Crippen molar-refractivity contribution in [2.75, 3.05) is 19.7 Å². The quantitative estimate of drug-likeness (QED) is 0.721. The first kappa shape index (κ1) is 14.5. The van der Waals surface area contributed by atoms with Crippen LogP contribution >= 0.6 is 0 Å². The number of amides is 1. The van der Waals surface area contributed by atoms with E-state index < -0.39 is 0 Å². The topological polar surface area (TPSA) is 73.7 Å². The summed E-state index contributed by atoms with van der Waals surface area (Å²) >= 11 is 0. The second-order valence-corrected chi connectivity index (χ2v) is 4.98. The number of aliphatic hydroxyl groups excluding tert-OH is 2. The Morgan fingerprint density at radius 3 is 2.95 bits per heavy atom. The van der Waals surface area contributed by atoms with Crippen LogP contribution in [0.2, 0.25) is 0 Å². The summed E-state index contributed by atoms with van der Waals surface area (Å²) in [7, 11) is 0. The average Bonchev–Trinajstić information content (AvgIpc) is 2.48. The monoisotopic (exact) mass is 274 g/mol. The van der Waals surface area contributed by atoms with Gasteiger partial charge < -0.3 is 15.1 Å². The van der Waals surface area contributed by atoms with Crippen LogP contribution in [0.3, 0.4) is 0 Å². The number of carbonyl (C=O) groups is 1. The number of aromatic nitrogens is 1. The van der Waals surface area contributed by atoms with Gasteiger partial charge in [-0.3, -0.25) is 4.79 Å². The van der Waals surface area contributed by atoms with E-state index in [1.54, 1.807) is 17.0 Å². The van der Waals surface area contributed by atoms with Crippen LogP contribution in [0.1, 0.15) is 29.4 Å². The molecule has 0 radical (unpaired) electrons. The van der Waals surface area contributed by atoms with Crippen LogP contribution in [-0.2, 0) is 0 Å². The van der Waals surface area contributed by atoms with E-state index >= 15 is 0 Å². The number of hydrogen-bond donors (Lipinski definition) is 2. The zero-order valence-electron chi connectivity index (χ0n) is 11.4. The Balaban J connectivity index is 2.06. The third kappa shape index (κ3) is 3.35. The van der Waals surface area contributed by atoms with Gasteiger partial charge in [0.2, 0.25) is 0 Å². The lowest BCUT2D eigenvalue weighted by Gasteiger charge is -2.34. The smallest absolute Gasteiger partial charge is 0.272 e. The van der Waals surface area contributed by atoms with E-state index in [1.807, 2.05) is 6.92 Å². The zero-order chi connectivity index (χ0) is 14.5. The first-order valence-electron chi connectivity index (χ1n) is 6.65. The van der Waals surface area contributed by atoms with Gasteiger partial charge in [0.1, 0.15) is 12.3 Å². The minimum atomic E-state index is -0.330. The van der Waals surface area contributed by atoms with Gasteiger partial charge >= 0.3 is 0 Å². The average molecular weight is 274 g/mol. The maximum absolute atomic E-state index is 12.3. The molecule has 0 aromatic carbocycles. The highest BCUT2D eigenvalue weighted by Gasteiger charge is 2.28. The van der Waals surface area contributed by atoms with Crippen LogP contribution in [0.15, 0.2) is 18.3 Å². The van der Waals surface area contributed by atoms with Gasteiger partial charge in [0.15, 0.2) is 0 Å². The van der Waals surface area contributed by atoms with E-state index in [4.69, 9.17) is 5.11 Å². The number of nitrogens with zero attached hydrogens (tertiary/aromatic N) is 2. The predicted molar refractivity (Wildman–Crippen MR) is 73.9 cm³/mol. The van der Waals surface area contributed by atoms with Crippen LogP contribution in [0.5, 0.6) is 0 Å². The van der Waals surface area contributed by atoms with E-state index in [0.29, 0.717) is 30.8 Å². The van der Waals surface area contributed by atoms with E-state index in [9.17, 15) is 9.90 Å². The molecule has 106 valence electrons. The molecule has 0 spiro atoms. The molecular formula is C15H18N2O3. The van der Waals surface area contributed by atoms with Crippen molar-refractivity contribution >= 4 is 5.91 Å². The van der Waals surface area contributed by atoms with Crippen LogP contribution < -0.4 is 0 Å². The highest BCUT2D eigenvalue weighted by molar-refractivity contribution is 5.92. The second-order valence-electron chi connectivity index (χ2n) is 4.98. The molecule has 20 heavy (non-hydrogen) atoms. The fourth-order valence-corrected chi connectivity index (χ4v) is 2.22. The van der Waals surface area contributed by atoms with Gasteiger partial charge in [-0.2, -0.15) is 0 Å². The molecule has 2 rings (SSSR count). The molecular weight excluding hydrogens is 256 g/mol. The van der Waals surface area contributed by atoms with Crippen molar-refractivity contribution in [1.82, 2.24) is 9.88 Å². The Morgan fingerprint density at radius 1 is 1.55 bits per heavy atom. The molecule has 0 bridgehead atoms. The van der Waals surface area contributed by atoms with Crippen molar-refractivity contribution in [2.24, 2.45) is 5.92 Å². The van der Waals surface area contributed by atoms with Crippen molar-refractivity contribution in [1.29, 1.82) is 0 Å². The first-order chi connectivity index (χ1) is 9.61. The summed E-state index contributed by atoms with van der Waals surface area (Å²) in [6.45, 7) is 2.84. The summed E-state index contributed by atoms with van der Waals surface area (Å²) in [6.07, 6.45) is 1.80. The molecule has 0 saturated carbocycles. The third-order valence-corrected chi connectivity index (χ3v) is 3.44. The van der Waals surface area contributed by atoms with Gasteiger partial charge in [-0.1, -0.05) is 18.8 Å². The fourth-order valence-electron chi connectivity index (χ4n) is 2.22. The van der Waals surface area contributed by atoms with Crippen molar-refractivity contribution in [3.8, 4) is 11.8 Å². The Bertz CT molecular complexity index is 530. The highest BCUT2D eigenvalue weighted by Crippen LogP contribution is 2.18. The Kier molecular flexibility index (Phi) is 4.72. The summed E-state index contributed by atoms with van der Waals surface area (Å²) in [5, 5.41) is 18.3. The van der Waals surface area contributed by atoms with Gasteiger partial charge in [0.25, 0.3) is 5.91 Å². The van der Waals surface area contributed by atoms with Gasteiger partial charge in [-0.05, 0) is 24.5 Å². The molecule has 0 aliphatic carbocycles. The molecule has 5 heteroatoms. The Morgan fingerprint density at radius 2 is 2.35 bits per heavy atom. The van der Waals surface area contributed by atoms with Gasteiger partial charge in [-0.25, -0.2) is 4.98 Å². The van der Waals surface area contributed by atoms with Crippen molar-refractivity contribution in [3.05, 3.63) is 29.6 Å². The Labute approximate surface area is 118 Å². The molecule has 5 nitrogen and oxygen atoms in total. The third-order valence-electron chi connectivity index (χ3n) is 3.44. The minimum Gasteiger partial charge on any atom is -0.393 e. The number of rotatable bonds is 1. The van der Waals surface area contributed by atoms with Gasteiger partial charge in [-0.15, -0.1) is 0 Å². The summed E-state index contributed by atoms with van der Waals surface area (Å²) in [5.41, 5.74) is 1.04. The normalized spacial score (nSPS) is 22.1. The highest BCUT2D eigenvalue weighted by atomic mass is 16.3. The second kappa shape index (κ2) is 6.51. The van der Waals surface area contributed by atoms with Crippen LogP contribution in [0.4, 0.5) is 0 Å². The molecule has 1 aliphatic rings. The van der Waals surface area contributed by atoms with Crippen LogP contribution in [0.25, 0.3) is 0 Å². The van der Waals surface area contributed by atoms with Crippen molar-refractivity contribution in [3.63, 3.8) is 0 Å². The standard InChI is InChI=1S/C15H18N2O3/c1-11-10-17(7-6-14(11)19)15(20)13-5-4-12(9-16-13)3-2-8-18/h4-5,9,11,14,18-19H,6-8,10H2,1H3. The maximum Gasteiger partial charge on any atom is 0.272 e.